The lowest BCUT2D eigenvalue weighted by atomic mass is 10.1. The fraction of sp³-hybridized carbons (Fsp3) is 0.455. The van der Waals surface area contributed by atoms with Crippen LogP contribution in [-0.4, -0.2) is 7.05 Å². The van der Waals surface area contributed by atoms with Gasteiger partial charge in [0.05, 0.1) is 4.34 Å². The van der Waals surface area contributed by atoms with Gasteiger partial charge in [0.15, 0.2) is 0 Å². The van der Waals surface area contributed by atoms with Crippen LogP contribution < -0.4 is 5.32 Å². The molecule has 0 bridgehead atoms. The van der Waals surface area contributed by atoms with Crippen molar-refractivity contribution < 1.29 is 0 Å². The zero-order valence-electron chi connectivity index (χ0n) is 8.64. The maximum Gasteiger partial charge on any atom is 0.0931 e. The normalized spacial score (nSPS) is 12.8. The van der Waals surface area contributed by atoms with Crippen LogP contribution in [0.15, 0.2) is 24.3 Å². The quantitative estimate of drug-likeness (QED) is 0.753. The Morgan fingerprint density at radius 2 is 2.36 bits per heavy atom. The molecule has 0 saturated carbocycles. The highest BCUT2D eigenvalue weighted by atomic mass is 35.5. The van der Waals surface area contributed by atoms with Gasteiger partial charge in [-0.15, -0.1) is 17.9 Å². The number of hydrogen-bond donors (Lipinski definition) is 1. The molecule has 1 atom stereocenters. The second-order valence-corrected chi connectivity index (χ2v) is 5.23. The average Bonchev–Trinajstić information content (AvgIpc) is 2.53. The fourth-order valence-electron chi connectivity index (χ4n) is 1.34. The molecule has 0 aliphatic carbocycles. The Labute approximate surface area is 94.8 Å². The van der Waals surface area contributed by atoms with Gasteiger partial charge in [0.2, 0.25) is 0 Å². The van der Waals surface area contributed by atoms with Crippen molar-refractivity contribution in [2.45, 2.75) is 25.8 Å². The molecule has 0 aliphatic rings. The van der Waals surface area contributed by atoms with Gasteiger partial charge in [-0.05, 0) is 38.9 Å². The van der Waals surface area contributed by atoms with Crippen LogP contribution in [0.1, 0.15) is 30.7 Å². The lowest BCUT2D eigenvalue weighted by Gasteiger charge is -2.13. The van der Waals surface area contributed by atoms with Crippen molar-refractivity contribution in [3.05, 3.63) is 33.5 Å². The highest BCUT2D eigenvalue weighted by molar-refractivity contribution is 7.16. The van der Waals surface area contributed by atoms with Crippen molar-refractivity contribution in [1.29, 1.82) is 0 Å². The summed E-state index contributed by atoms with van der Waals surface area (Å²) < 4.78 is 0.857. The third-order valence-electron chi connectivity index (χ3n) is 2.15. The summed E-state index contributed by atoms with van der Waals surface area (Å²) in [5, 5.41) is 3.30. The molecule has 78 valence electrons. The molecule has 1 aromatic rings. The standard InChI is InChI=1S/C11H16ClNS/c1-8(2)4-5-9(13-3)10-6-7-11(12)14-10/h6-7,9,13H,1,4-5H2,2-3H3. The number of rotatable bonds is 5. The SMILES string of the molecule is C=C(C)CCC(NC)c1ccc(Cl)s1. The van der Waals surface area contributed by atoms with E-state index in [4.69, 9.17) is 11.6 Å². The summed E-state index contributed by atoms with van der Waals surface area (Å²) in [5.74, 6) is 0. The Kier molecular flexibility index (Phi) is 4.66. The van der Waals surface area contributed by atoms with Crippen LogP contribution in [0.2, 0.25) is 4.34 Å². The highest BCUT2D eigenvalue weighted by Crippen LogP contribution is 2.29. The minimum absolute atomic E-state index is 0.407. The van der Waals surface area contributed by atoms with E-state index in [1.165, 1.54) is 10.5 Å². The lowest BCUT2D eigenvalue weighted by molar-refractivity contribution is 0.557. The molecule has 1 aromatic heterocycles. The average molecular weight is 230 g/mol. The summed E-state index contributed by atoms with van der Waals surface area (Å²) in [6, 6.07) is 4.45. The minimum Gasteiger partial charge on any atom is -0.312 e. The van der Waals surface area contributed by atoms with Crippen molar-refractivity contribution in [1.82, 2.24) is 5.32 Å². The smallest absolute Gasteiger partial charge is 0.0931 e. The Balaban J connectivity index is 2.58. The van der Waals surface area contributed by atoms with E-state index < -0.39 is 0 Å². The number of hydrogen-bond acceptors (Lipinski definition) is 2. The lowest BCUT2D eigenvalue weighted by Crippen LogP contribution is -2.14. The molecule has 1 unspecified atom stereocenters. The van der Waals surface area contributed by atoms with Gasteiger partial charge in [0.25, 0.3) is 0 Å². The molecule has 3 heteroatoms. The van der Waals surface area contributed by atoms with Crippen LogP contribution >= 0.6 is 22.9 Å². The van der Waals surface area contributed by atoms with Crippen LogP contribution in [-0.2, 0) is 0 Å². The number of thiophene rings is 1. The van der Waals surface area contributed by atoms with Crippen molar-refractivity contribution in [3.63, 3.8) is 0 Å². The van der Waals surface area contributed by atoms with Gasteiger partial charge in [-0.25, -0.2) is 0 Å². The molecule has 1 rings (SSSR count). The first kappa shape index (κ1) is 11.8. The third kappa shape index (κ3) is 3.45. The summed E-state index contributed by atoms with van der Waals surface area (Å²) in [7, 11) is 1.98. The molecule has 1 nitrogen and oxygen atoms in total. The van der Waals surface area contributed by atoms with Crippen molar-refractivity contribution in [2.24, 2.45) is 0 Å². The number of nitrogens with one attached hydrogen (secondary N) is 1. The molecule has 0 aromatic carbocycles. The summed E-state index contributed by atoms with van der Waals surface area (Å²) >= 11 is 7.54. The minimum atomic E-state index is 0.407. The van der Waals surface area contributed by atoms with Gasteiger partial charge in [-0.3, -0.25) is 0 Å². The van der Waals surface area contributed by atoms with E-state index in [1.807, 2.05) is 13.1 Å². The van der Waals surface area contributed by atoms with Crippen LogP contribution in [0.3, 0.4) is 0 Å². The Morgan fingerprint density at radius 1 is 1.64 bits per heavy atom. The molecule has 0 aliphatic heterocycles. The molecule has 1 N–H and O–H groups in total. The van der Waals surface area contributed by atoms with Gasteiger partial charge in [0.1, 0.15) is 0 Å². The summed E-state index contributed by atoms with van der Waals surface area (Å²) in [6.07, 6.45) is 2.14. The number of halogens is 1. The monoisotopic (exact) mass is 229 g/mol. The first-order valence-corrected chi connectivity index (χ1v) is 5.90. The summed E-state index contributed by atoms with van der Waals surface area (Å²) in [4.78, 5) is 1.30. The molecule has 0 amide bonds. The maximum atomic E-state index is 5.90. The first-order chi connectivity index (χ1) is 6.63. The zero-order chi connectivity index (χ0) is 10.6. The second kappa shape index (κ2) is 5.54. The second-order valence-electron chi connectivity index (χ2n) is 3.48. The Bertz CT molecular complexity index is 306. The Morgan fingerprint density at radius 3 is 2.79 bits per heavy atom. The molecule has 1 heterocycles. The first-order valence-electron chi connectivity index (χ1n) is 4.70. The maximum absolute atomic E-state index is 5.90. The van der Waals surface area contributed by atoms with Gasteiger partial charge in [0, 0.05) is 10.9 Å². The van der Waals surface area contributed by atoms with E-state index in [0.29, 0.717) is 6.04 Å². The van der Waals surface area contributed by atoms with E-state index in [-0.39, 0.29) is 0 Å². The van der Waals surface area contributed by atoms with E-state index in [9.17, 15) is 0 Å². The van der Waals surface area contributed by atoms with Crippen LogP contribution in [0.5, 0.6) is 0 Å². The van der Waals surface area contributed by atoms with Crippen LogP contribution in [0.25, 0.3) is 0 Å². The molecule has 0 spiro atoms. The van der Waals surface area contributed by atoms with Crippen molar-refractivity contribution in [2.75, 3.05) is 7.05 Å². The van der Waals surface area contributed by atoms with Gasteiger partial charge >= 0.3 is 0 Å². The molecular weight excluding hydrogens is 214 g/mol. The molecular formula is C11H16ClNS. The summed E-state index contributed by atoms with van der Waals surface area (Å²) in [5.41, 5.74) is 1.23. The number of allylic oxidation sites excluding steroid dienone is 1. The predicted molar refractivity (Wildman–Crippen MR) is 65.2 cm³/mol. The predicted octanol–water partition coefficient (Wildman–Crippen LogP) is 4.02. The van der Waals surface area contributed by atoms with Crippen LogP contribution in [0.4, 0.5) is 0 Å². The van der Waals surface area contributed by atoms with E-state index in [2.05, 4.69) is 24.9 Å². The largest absolute Gasteiger partial charge is 0.312 e. The van der Waals surface area contributed by atoms with Gasteiger partial charge < -0.3 is 5.32 Å². The topological polar surface area (TPSA) is 12.0 Å². The van der Waals surface area contributed by atoms with Crippen LogP contribution in [0, 0.1) is 0 Å². The molecule has 14 heavy (non-hydrogen) atoms. The van der Waals surface area contributed by atoms with Gasteiger partial charge in [-0.1, -0.05) is 17.2 Å². The van der Waals surface area contributed by atoms with E-state index in [0.717, 1.165) is 17.2 Å². The van der Waals surface area contributed by atoms with Crippen molar-refractivity contribution in [3.8, 4) is 0 Å². The zero-order valence-corrected chi connectivity index (χ0v) is 10.2. The van der Waals surface area contributed by atoms with E-state index >= 15 is 0 Å². The third-order valence-corrected chi connectivity index (χ3v) is 3.49. The highest BCUT2D eigenvalue weighted by Gasteiger charge is 2.10. The van der Waals surface area contributed by atoms with Gasteiger partial charge in [-0.2, -0.15) is 0 Å². The van der Waals surface area contributed by atoms with Crippen molar-refractivity contribution >= 4 is 22.9 Å². The molecule has 0 saturated heterocycles. The molecule has 0 radical (unpaired) electrons. The summed E-state index contributed by atoms with van der Waals surface area (Å²) in [6.45, 7) is 5.97. The van der Waals surface area contributed by atoms with E-state index in [1.54, 1.807) is 11.3 Å². The fourth-order valence-corrected chi connectivity index (χ4v) is 2.54. The molecule has 0 fully saturated rings. The Hall–Kier alpha value is -0.310.